The van der Waals surface area contributed by atoms with E-state index in [2.05, 4.69) is 22.1 Å². The summed E-state index contributed by atoms with van der Waals surface area (Å²) in [5, 5.41) is 10.5. The van der Waals surface area contributed by atoms with Crippen molar-refractivity contribution in [1.82, 2.24) is 15.2 Å². The summed E-state index contributed by atoms with van der Waals surface area (Å²) >= 11 is 2.95. The molecule has 156 valence electrons. The maximum Gasteiger partial charge on any atom is 0.231 e. The van der Waals surface area contributed by atoms with Crippen LogP contribution in [0.15, 0.2) is 47.5 Å². The predicted molar refractivity (Wildman–Crippen MR) is 122 cm³/mol. The first-order valence-electron chi connectivity index (χ1n) is 9.91. The van der Waals surface area contributed by atoms with Crippen LogP contribution in [0.1, 0.15) is 27.9 Å². The molecule has 6 nitrogen and oxygen atoms in total. The van der Waals surface area contributed by atoms with Gasteiger partial charge in [-0.05, 0) is 37.1 Å². The lowest BCUT2D eigenvalue weighted by molar-refractivity contribution is 0.102. The van der Waals surface area contributed by atoms with Gasteiger partial charge in [0, 0.05) is 11.1 Å². The van der Waals surface area contributed by atoms with Crippen molar-refractivity contribution in [2.45, 2.75) is 25.3 Å². The minimum absolute atomic E-state index is 0.0643. The molecular weight excluding hydrogens is 430 g/mol. The molecule has 4 aromatic rings. The molecule has 0 bridgehead atoms. The maximum atomic E-state index is 12.6. The Morgan fingerprint density at radius 2 is 1.90 bits per heavy atom. The molecule has 0 N–H and O–H groups in total. The molecule has 0 atom stereocenters. The number of Topliss-reactive ketones (excluding diaryl/α,β-unsaturated/α-hetero) is 1. The van der Waals surface area contributed by atoms with Gasteiger partial charge in [0.25, 0.3) is 0 Å². The number of nitrogens with zero attached hydrogens (tertiary/aromatic N) is 3. The standard InChI is InChI=1S/C23H19N3O3S2/c1-3-14-4-6-15(7-5-14)17(27)11-30-23-21-22(31-13(2)24-21)20(25-26-23)16-8-9-18-19(10-16)29-12-28-18/h4-10H,3,11-12H2,1-2H3. The van der Waals surface area contributed by atoms with Crippen molar-refractivity contribution < 1.29 is 14.3 Å². The van der Waals surface area contributed by atoms with Gasteiger partial charge in [-0.25, -0.2) is 4.98 Å². The monoisotopic (exact) mass is 449 g/mol. The number of carbonyl (C=O) groups excluding carboxylic acids is 1. The van der Waals surface area contributed by atoms with E-state index in [0.717, 1.165) is 38.7 Å². The lowest BCUT2D eigenvalue weighted by Gasteiger charge is -2.06. The van der Waals surface area contributed by atoms with E-state index in [0.29, 0.717) is 16.3 Å². The zero-order valence-electron chi connectivity index (χ0n) is 17.0. The molecule has 0 aliphatic carbocycles. The number of thioether (sulfide) groups is 1. The highest BCUT2D eigenvalue weighted by Gasteiger charge is 2.20. The molecule has 0 radical (unpaired) electrons. The highest BCUT2D eigenvalue weighted by atomic mass is 32.2. The first-order valence-corrected chi connectivity index (χ1v) is 11.7. The van der Waals surface area contributed by atoms with E-state index in [-0.39, 0.29) is 18.3 Å². The van der Waals surface area contributed by atoms with Crippen molar-refractivity contribution in [3.63, 3.8) is 0 Å². The third kappa shape index (κ3) is 3.88. The Kier molecular flexibility index (Phi) is 5.33. The number of rotatable bonds is 6. The largest absolute Gasteiger partial charge is 0.454 e. The molecular formula is C23H19N3O3S2. The van der Waals surface area contributed by atoms with E-state index in [1.807, 2.05) is 49.4 Å². The van der Waals surface area contributed by atoms with Gasteiger partial charge in [-0.1, -0.05) is 43.0 Å². The number of ketones is 1. The van der Waals surface area contributed by atoms with Crippen LogP contribution in [0.5, 0.6) is 11.5 Å². The molecule has 0 spiro atoms. The highest BCUT2D eigenvalue weighted by molar-refractivity contribution is 8.00. The van der Waals surface area contributed by atoms with Gasteiger partial charge in [-0.2, -0.15) is 0 Å². The molecule has 2 aromatic carbocycles. The lowest BCUT2D eigenvalue weighted by atomic mass is 10.1. The number of ether oxygens (including phenoxy) is 2. The van der Waals surface area contributed by atoms with Crippen molar-refractivity contribution in [3.8, 4) is 22.8 Å². The Bertz CT molecular complexity index is 1290. The van der Waals surface area contributed by atoms with Crippen LogP contribution in [0.25, 0.3) is 21.5 Å². The number of carbonyl (C=O) groups is 1. The summed E-state index contributed by atoms with van der Waals surface area (Å²) in [6, 6.07) is 13.5. The Morgan fingerprint density at radius 1 is 1.10 bits per heavy atom. The van der Waals surface area contributed by atoms with Crippen LogP contribution in [0, 0.1) is 6.92 Å². The first kappa shape index (κ1) is 20.0. The van der Waals surface area contributed by atoms with Gasteiger partial charge in [0.2, 0.25) is 6.79 Å². The molecule has 5 rings (SSSR count). The van der Waals surface area contributed by atoms with E-state index < -0.39 is 0 Å². The second kappa shape index (κ2) is 8.28. The maximum absolute atomic E-state index is 12.6. The third-order valence-electron chi connectivity index (χ3n) is 5.06. The second-order valence-corrected chi connectivity index (χ2v) is 9.26. The number of aryl methyl sites for hydroxylation is 2. The van der Waals surface area contributed by atoms with Crippen LogP contribution in [-0.2, 0) is 6.42 Å². The zero-order chi connectivity index (χ0) is 21.4. The van der Waals surface area contributed by atoms with Gasteiger partial charge in [0.05, 0.1) is 15.5 Å². The van der Waals surface area contributed by atoms with Crippen molar-refractivity contribution in [2.75, 3.05) is 12.5 Å². The van der Waals surface area contributed by atoms with E-state index in [4.69, 9.17) is 9.47 Å². The number of fused-ring (bicyclic) bond motifs is 2. The van der Waals surface area contributed by atoms with Gasteiger partial charge in [0.15, 0.2) is 17.3 Å². The van der Waals surface area contributed by atoms with Crippen LogP contribution >= 0.6 is 23.1 Å². The minimum atomic E-state index is 0.0643. The Hall–Kier alpha value is -2.97. The third-order valence-corrected chi connectivity index (χ3v) is 7.00. The molecule has 0 fully saturated rings. The summed E-state index contributed by atoms with van der Waals surface area (Å²) in [5.74, 6) is 1.78. The summed E-state index contributed by atoms with van der Waals surface area (Å²) in [6.07, 6.45) is 0.954. The topological polar surface area (TPSA) is 74.2 Å². The average molecular weight is 450 g/mol. The Morgan fingerprint density at radius 3 is 2.71 bits per heavy atom. The van der Waals surface area contributed by atoms with Gasteiger partial charge < -0.3 is 9.47 Å². The van der Waals surface area contributed by atoms with Crippen LogP contribution in [0.4, 0.5) is 0 Å². The molecule has 0 saturated heterocycles. The molecule has 1 aliphatic heterocycles. The van der Waals surface area contributed by atoms with Crippen molar-refractivity contribution in [3.05, 3.63) is 58.6 Å². The Labute approximate surface area is 187 Å². The number of hydrogen-bond acceptors (Lipinski definition) is 8. The van der Waals surface area contributed by atoms with Crippen LogP contribution in [0.2, 0.25) is 0 Å². The fraction of sp³-hybridized carbons (Fsp3) is 0.217. The van der Waals surface area contributed by atoms with Crippen molar-refractivity contribution >= 4 is 39.1 Å². The second-order valence-electron chi connectivity index (χ2n) is 7.09. The van der Waals surface area contributed by atoms with Crippen LogP contribution in [-0.4, -0.2) is 33.5 Å². The summed E-state index contributed by atoms with van der Waals surface area (Å²) in [4.78, 5) is 17.3. The summed E-state index contributed by atoms with van der Waals surface area (Å²) in [7, 11) is 0. The molecule has 2 aromatic heterocycles. The molecule has 1 aliphatic rings. The molecule has 8 heteroatoms. The lowest BCUT2D eigenvalue weighted by Crippen LogP contribution is -2.03. The van der Waals surface area contributed by atoms with Crippen molar-refractivity contribution in [2.24, 2.45) is 0 Å². The quantitative estimate of drug-likeness (QED) is 0.291. The number of thiazole rings is 1. The fourth-order valence-electron chi connectivity index (χ4n) is 3.39. The van der Waals surface area contributed by atoms with Gasteiger partial charge in [0.1, 0.15) is 16.2 Å². The van der Waals surface area contributed by atoms with E-state index in [9.17, 15) is 4.79 Å². The van der Waals surface area contributed by atoms with Gasteiger partial charge in [-0.15, -0.1) is 21.5 Å². The summed E-state index contributed by atoms with van der Waals surface area (Å²) in [5.41, 5.74) is 4.36. The predicted octanol–water partition coefficient (Wildman–Crippen LogP) is 5.33. The molecule has 31 heavy (non-hydrogen) atoms. The van der Waals surface area contributed by atoms with Gasteiger partial charge >= 0.3 is 0 Å². The van der Waals surface area contributed by atoms with E-state index in [1.165, 1.54) is 17.3 Å². The molecule has 0 amide bonds. The highest BCUT2D eigenvalue weighted by Crippen LogP contribution is 2.39. The first-order chi connectivity index (χ1) is 15.1. The van der Waals surface area contributed by atoms with Crippen LogP contribution < -0.4 is 9.47 Å². The molecule has 0 unspecified atom stereocenters. The smallest absolute Gasteiger partial charge is 0.231 e. The normalized spacial score (nSPS) is 12.5. The average Bonchev–Trinajstić information content (AvgIpc) is 3.42. The van der Waals surface area contributed by atoms with Crippen molar-refractivity contribution in [1.29, 1.82) is 0 Å². The van der Waals surface area contributed by atoms with E-state index >= 15 is 0 Å². The summed E-state index contributed by atoms with van der Waals surface area (Å²) in [6.45, 7) is 4.28. The zero-order valence-corrected chi connectivity index (χ0v) is 18.7. The number of aromatic nitrogens is 3. The summed E-state index contributed by atoms with van der Waals surface area (Å²) < 4.78 is 11.9. The van der Waals surface area contributed by atoms with Crippen LogP contribution in [0.3, 0.4) is 0 Å². The van der Waals surface area contributed by atoms with E-state index in [1.54, 1.807) is 11.3 Å². The fourth-order valence-corrected chi connectivity index (χ4v) is 5.20. The SMILES string of the molecule is CCc1ccc(C(=O)CSc2nnc(-c3ccc4c(c3)OCO4)c3sc(C)nc23)cc1. The molecule has 0 saturated carbocycles. The number of hydrogen-bond donors (Lipinski definition) is 0. The Balaban J connectivity index is 1.42. The van der Waals surface area contributed by atoms with Gasteiger partial charge in [-0.3, -0.25) is 4.79 Å². The molecule has 3 heterocycles. The minimum Gasteiger partial charge on any atom is -0.454 e. The number of benzene rings is 2.